The summed E-state index contributed by atoms with van der Waals surface area (Å²) in [7, 11) is 0. The Kier molecular flexibility index (Phi) is 3.69. The second-order valence-corrected chi connectivity index (χ2v) is 1.96. The van der Waals surface area contributed by atoms with E-state index in [0.717, 1.165) is 12.0 Å². The molecule has 0 radical (unpaired) electrons. The first-order chi connectivity index (χ1) is 4.16. The Morgan fingerprint density at radius 2 is 2.11 bits per heavy atom. The van der Waals surface area contributed by atoms with Crippen LogP contribution in [0.1, 0.15) is 20.3 Å². The van der Waals surface area contributed by atoms with Crippen molar-refractivity contribution in [2.24, 2.45) is 0 Å². The van der Waals surface area contributed by atoms with Crippen molar-refractivity contribution in [3.8, 4) is 0 Å². The maximum atomic E-state index is 10.3. The monoisotopic (exact) mass is 124 g/mol. The minimum absolute atomic E-state index is 0.0737. The van der Waals surface area contributed by atoms with Crippen molar-refractivity contribution in [2.75, 3.05) is 0 Å². The van der Waals surface area contributed by atoms with Crippen LogP contribution in [0.3, 0.4) is 0 Å². The Labute approximate surface area is 56.1 Å². The third kappa shape index (κ3) is 5.01. The van der Waals surface area contributed by atoms with Gasteiger partial charge in [-0.25, -0.2) is 0 Å². The zero-order valence-corrected chi connectivity index (χ0v) is 5.98. The number of carbonyl (C=O) groups is 1. The predicted octanol–water partition coefficient (Wildman–Crippen LogP) is 2.10. The molecule has 1 nitrogen and oxygen atoms in total. The van der Waals surface area contributed by atoms with Crippen LogP contribution < -0.4 is 0 Å². The maximum Gasteiger partial charge on any atom is 0.152 e. The largest absolute Gasteiger partial charge is 0.295 e. The maximum absolute atomic E-state index is 10.3. The van der Waals surface area contributed by atoms with Crippen LogP contribution in [-0.4, -0.2) is 5.78 Å². The van der Waals surface area contributed by atoms with Gasteiger partial charge in [0.1, 0.15) is 0 Å². The summed E-state index contributed by atoms with van der Waals surface area (Å²) in [6, 6.07) is 0. The lowest BCUT2D eigenvalue weighted by molar-refractivity contribution is -0.112. The van der Waals surface area contributed by atoms with Gasteiger partial charge in [-0.15, -0.1) is 0 Å². The fraction of sp³-hybridized carbons (Fsp3) is 0.375. The molecule has 0 aliphatic heterocycles. The highest BCUT2D eigenvalue weighted by molar-refractivity contribution is 5.87. The molecule has 0 rings (SSSR count). The number of hydrogen-bond donors (Lipinski definition) is 0. The Bertz CT molecular complexity index is 143. The number of allylic oxidation sites excluding steroid dienone is 3. The number of ketones is 1. The van der Waals surface area contributed by atoms with Crippen LogP contribution in [0.4, 0.5) is 0 Å². The average Bonchev–Trinajstić information content (AvgIpc) is 1.83. The molecule has 0 spiro atoms. The van der Waals surface area contributed by atoms with Gasteiger partial charge in [-0.1, -0.05) is 25.2 Å². The van der Waals surface area contributed by atoms with Gasteiger partial charge in [0.2, 0.25) is 0 Å². The highest BCUT2D eigenvalue weighted by atomic mass is 16.1. The number of rotatable bonds is 3. The molecule has 0 aromatic heterocycles. The molecule has 9 heavy (non-hydrogen) atoms. The molecule has 0 saturated heterocycles. The van der Waals surface area contributed by atoms with Crippen LogP contribution in [0.2, 0.25) is 0 Å². The van der Waals surface area contributed by atoms with Gasteiger partial charge in [-0.3, -0.25) is 4.79 Å². The minimum atomic E-state index is 0.0737. The van der Waals surface area contributed by atoms with Crippen LogP contribution in [-0.2, 0) is 4.79 Å². The molecule has 0 fully saturated rings. The molecular weight excluding hydrogens is 112 g/mol. The molecule has 0 bridgehead atoms. The van der Waals surface area contributed by atoms with E-state index in [9.17, 15) is 4.79 Å². The van der Waals surface area contributed by atoms with Gasteiger partial charge in [0.25, 0.3) is 0 Å². The Morgan fingerprint density at radius 1 is 1.56 bits per heavy atom. The molecule has 0 atom stereocenters. The van der Waals surface area contributed by atoms with Gasteiger partial charge in [-0.05, 0) is 19.4 Å². The molecule has 0 N–H and O–H groups in total. The van der Waals surface area contributed by atoms with E-state index in [1.54, 1.807) is 6.08 Å². The molecule has 0 aromatic rings. The normalized spacial score (nSPS) is 10.0. The predicted molar refractivity (Wildman–Crippen MR) is 39.3 cm³/mol. The molecule has 0 saturated carbocycles. The van der Waals surface area contributed by atoms with E-state index in [1.807, 2.05) is 6.92 Å². The fourth-order valence-electron chi connectivity index (χ4n) is 0.353. The minimum Gasteiger partial charge on any atom is -0.295 e. The van der Waals surface area contributed by atoms with Gasteiger partial charge >= 0.3 is 0 Å². The van der Waals surface area contributed by atoms with Gasteiger partial charge in [0, 0.05) is 0 Å². The number of hydrogen-bond acceptors (Lipinski definition) is 1. The third-order valence-electron chi connectivity index (χ3n) is 1.01. The van der Waals surface area contributed by atoms with Crippen molar-refractivity contribution in [1.82, 2.24) is 0 Å². The summed E-state index contributed by atoms with van der Waals surface area (Å²) in [6.45, 7) is 7.24. The van der Waals surface area contributed by atoms with E-state index in [2.05, 4.69) is 6.58 Å². The summed E-state index contributed by atoms with van der Waals surface area (Å²) in [5.74, 6) is 0.0737. The molecule has 0 heterocycles. The molecule has 0 amide bonds. The molecule has 0 unspecified atom stereocenters. The Hall–Kier alpha value is -0.850. The van der Waals surface area contributed by atoms with Crippen molar-refractivity contribution in [2.45, 2.75) is 20.3 Å². The standard InChI is InChI=1S/C8H12O/c1-4-7(2)5-6-8(3)9/h5-6H,2,4H2,1,3H3. The first-order valence-electron chi connectivity index (χ1n) is 3.03. The van der Waals surface area contributed by atoms with E-state index >= 15 is 0 Å². The van der Waals surface area contributed by atoms with E-state index < -0.39 is 0 Å². The Balaban J connectivity index is 3.71. The van der Waals surface area contributed by atoms with Gasteiger partial charge < -0.3 is 0 Å². The quantitative estimate of drug-likeness (QED) is 0.416. The van der Waals surface area contributed by atoms with Gasteiger partial charge in [0.15, 0.2) is 5.78 Å². The summed E-state index contributed by atoms with van der Waals surface area (Å²) in [5, 5.41) is 0. The zero-order valence-electron chi connectivity index (χ0n) is 5.98. The van der Waals surface area contributed by atoms with E-state index in [4.69, 9.17) is 0 Å². The topological polar surface area (TPSA) is 17.1 Å². The zero-order chi connectivity index (χ0) is 7.28. The summed E-state index contributed by atoms with van der Waals surface area (Å²) in [5.41, 5.74) is 0.991. The second kappa shape index (κ2) is 4.07. The van der Waals surface area contributed by atoms with E-state index in [0.29, 0.717) is 0 Å². The summed E-state index contributed by atoms with van der Waals surface area (Å²) in [6.07, 6.45) is 4.19. The lowest BCUT2D eigenvalue weighted by Gasteiger charge is -1.87. The van der Waals surface area contributed by atoms with Crippen LogP contribution in [0, 0.1) is 0 Å². The number of carbonyl (C=O) groups excluding carboxylic acids is 1. The van der Waals surface area contributed by atoms with E-state index in [1.165, 1.54) is 13.0 Å². The SMILES string of the molecule is C=C(C=CC(C)=O)CC. The van der Waals surface area contributed by atoms with Gasteiger partial charge in [-0.2, -0.15) is 0 Å². The smallest absolute Gasteiger partial charge is 0.152 e. The highest BCUT2D eigenvalue weighted by Gasteiger charge is 1.82. The lowest BCUT2D eigenvalue weighted by atomic mass is 10.2. The molecule has 50 valence electrons. The van der Waals surface area contributed by atoms with Crippen LogP contribution >= 0.6 is 0 Å². The highest BCUT2D eigenvalue weighted by Crippen LogP contribution is 1.96. The molecule has 1 heteroatoms. The average molecular weight is 124 g/mol. The fourth-order valence-corrected chi connectivity index (χ4v) is 0.353. The first-order valence-corrected chi connectivity index (χ1v) is 3.03. The summed E-state index contributed by atoms with van der Waals surface area (Å²) < 4.78 is 0. The molecular formula is C8H12O. The molecule has 0 aliphatic carbocycles. The molecule has 0 aliphatic rings. The first kappa shape index (κ1) is 8.15. The Morgan fingerprint density at radius 3 is 2.44 bits per heavy atom. The lowest BCUT2D eigenvalue weighted by Crippen LogP contribution is -1.80. The van der Waals surface area contributed by atoms with E-state index in [-0.39, 0.29) is 5.78 Å². The summed E-state index contributed by atoms with van der Waals surface area (Å²) in [4.78, 5) is 10.3. The van der Waals surface area contributed by atoms with Crippen molar-refractivity contribution >= 4 is 5.78 Å². The van der Waals surface area contributed by atoms with Crippen LogP contribution in [0.5, 0.6) is 0 Å². The third-order valence-corrected chi connectivity index (χ3v) is 1.01. The van der Waals surface area contributed by atoms with Crippen LogP contribution in [0.25, 0.3) is 0 Å². The van der Waals surface area contributed by atoms with Crippen molar-refractivity contribution in [1.29, 1.82) is 0 Å². The van der Waals surface area contributed by atoms with Crippen molar-refractivity contribution in [3.05, 3.63) is 24.3 Å². The second-order valence-electron chi connectivity index (χ2n) is 1.96. The molecule has 0 aromatic carbocycles. The summed E-state index contributed by atoms with van der Waals surface area (Å²) >= 11 is 0. The van der Waals surface area contributed by atoms with Crippen molar-refractivity contribution in [3.63, 3.8) is 0 Å². The van der Waals surface area contributed by atoms with Gasteiger partial charge in [0.05, 0.1) is 0 Å². The van der Waals surface area contributed by atoms with Crippen molar-refractivity contribution < 1.29 is 4.79 Å². The van der Waals surface area contributed by atoms with Crippen LogP contribution in [0.15, 0.2) is 24.3 Å².